The SMILES string of the molecule is C=C(C(F)=CC(F)=C(C)F)C1OCC(N2CC3=CB(S(=O)(=O)C4CCCC4)N=C3C2)CC1N. The minimum absolute atomic E-state index is 0.0556. The molecule has 1 aliphatic carbocycles. The van der Waals surface area contributed by atoms with E-state index >= 15 is 0 Å². The van der Waals surface area contributed by atoms with Gasteiger partial charge in [0, 0.05) is 42.5 Å². The van der Waals surface area contributed by atoms with Crippen LogP contribution in [-0.4, -0.2) is 68.3 Å². The maximum Gasteiger partial charge on any atom is 0.446 e. The molecule has 3 unspecified atom stereocenters. The van der Waals surface area contributed by atoms with E-state index in [0.717, 1.165) is 43.9 Å². The van der Waals surface area contributed by atoms with Crippen LogP contribution in [0.4, 0.5) is 13.2 Å². The van der Waals surface area contributed by atoms with Crippen molar-refractivity contribution in [2.45, 2.75) is 62.5 Å². The van der Waals surface area contributed by atoms with Crippen molar-refractivity contribution in [1.29, 1.82) is 0 Å². The quantitative estimate of drug-likeness (QED) is 0.464. The largest absolute Gasteiger partial charge is 0.446 e. The van der Waals surface area contributed by atoms with Crippen LogP contribution >= 0.6 is 0 Å². The molecular weight excluding hydrogens is 454 g/mol. The van der Waals surface area contributed by atoms with E-state index in [4.69, 9.17) is 10.5 Å². The summed E-state index contributed by atoms with van der Waals surface area (Å²) in [5.41, 5.74) is 7.82. The number of hydrogen-bond donors (Lipinski definition) is 1. The first-order chi connectivity index (χ1) is 15.6. The predicted octanol–water partition coefficient (Wildman–Crippen LogP) is 3.13. The standard InChI is InChI=1S/C22H29BF3N3O3S/c1-13(18(25)8-19(26)14(2)24)22-20(27)7-16(12-32-22)29-10-15-9-23(28-21(15)11-29)33(30,31)17-5-3-4-6-17/h8-9,16-17,20,22H,1,3-7,10-12,27H2,2H3. The van der Waals surface area contributed by atoms with Crippen molar-refractivity contribution < 1.29 is 26.3 Å². The molecule has 3 atom stereocenters. The second-order valence-electron chi connectivity index (χ2n) is 9.26. The van der Waals surface area contributed by atoms with Crippen LogP contribution in [0.25, 0.3) is 0 Å². The molecule has 4 aliphatic rings. The first kappa shape index (κ1) is 24.4. The fourth-order valence-corrected chi connectivity index (χ4v) is 7.05. The molecule has 0 spiro atoms. The number of hydrogen-bond acceptors (Lipinski definition) is 6. The van der Waals surface area contributed by atoms with Gasteiger partial charge in [-0.15, -0.1) is 0 Å². The normalized spacial score (nSPS) is 30.3. The molecule has 11 heteroatoms. The summed E-state index contributed by atoms with van der Waals surface area (Å²) >= 11 is 0. The number of allylic oxidation sites excluding steroid dienone is 3. The van der Waals surface area contributed by atoms with Crippen LogP contribution in [0.15, 0.2) is 52.2 Å². The van der Waals surface area contributed by atoms with Gasteiger partial charge in [-0.2, -0.15) is 0 Å². The summed E-state index contributed by atoms with van der Waals surface area (Å²) in [5, 5.41) is -0.291. The highest BCUT2D eigenvalue weighted by molar-refractivity contribution is 8.19. The van der Waals surface area contributed by atoms with E-state index in [1.165, 1.54) is 0 Å². The molecule has 180 valence electrons. The minimum atomic E-state index is -3.30. The topological polar surface area (TPSA) is 85.0 Å². The van der Waals surface area contributed by atoms with Crippen molar-refractivity contribution in [3.63, 3.8) is 0 Å². The third-order valence-corrected chi connectivity index (χ3v) is 9.29. The zero-order valence-corrected chi connectivity index (χ0v) is 19.5. The lowest BCUT2D eigenvalue weighted by molar-refractivity contribution is -0.0239. The Bertz CT molecular complexity index is 1020. The summed E-state index contributed by atoms with van der Waals surface area (Å²) in [5.74, 6) is -1.66. The molecule has 33 heavy (non-hydrogen) atoms. The molecule has 3 fully saturated rings. The van der Waals surface area contributed by atoms with E-state index in [1.807, 2.05) is 0 Å². The van der Waals surface area contributed by atoms with Crippen LogP contribution in [0, 0.1) is 0 Å². The van der Waals surface area contributed by atoms with Crippen molar-refractivity contribution in [1.82, 2.24) is 4.90 Å². The average Bonchev–Trinajstić information content (AvgIpc) is 3.49. The van der Waals surface area contributed by atoms with Gasteiger partial charge >= 0.3 is 6.13 Å². The maximum absolute atomic E-state index is 14.3. The van der Waals surface area contributed by atoms with Gasteiger partial charge in [0.1, 0.15) is 21.3 Å². The van der Waals surface area contributed by atoms with Gasteiger partial charge in [-0.05, 0) is 31.8 Å². The Balaban J connectivity index is 1.36. The van der Waals surface area contributed by atoms with Gasteiger partial charge in [-0.25, -0.2) is 21.6 Å². The molecule has 3 aliphatic heterocycles. The van der Waals surface area contributed by atoms with Gasteiger partial charge in [-0.1, -0.05) is 25.4 Å². The molecule has 0 aromatic carbocycles. The zero-order valence-electron chi connectivity index (χ0n) is 18.6. The average molecular weight is 483 g/mol. The lowest BCUT2D eigenvalue weighted by Gasteiger charge is -2.38. The summed E-state index contributed by atoms with van der Waals surface area (Å²) in [7, 11) is -3.30. The van der Waals surface area contributed by atoms with E-state index in [0.29, 0.717) is 25.6 Å². The van der Waals surface area contributed by atoms with Crippen molar-refractivity contribution in [3.05, 3.63) is 47.3 Å². The number of nitrogens with two attached hydrogens (primary N) is 1. The molecule has 1 saturated carbocycles. The summed E-state index contributed by atoms with van der Waals surface area (Å²) in [4.78, 5) is 6.65. The summed E-state index contributed by atoms with van der Waals surface area (Å²) < 4.78 is 72.0. The van der Waals surface area contributed by atoms with E-state index in [-0.39, 0.29) is 23.5 Å². The Hall–Kier alpha value is -1.69. The molecule has 0 aromatic rings. The van der Waals surface area contributed by atoms with Gasteiger partial charge in [0.25, 0.3) is 0 Å². The maximum atomic E-state index is 14.3. The van der Waals surface area contributed by atoms with Gasteiger partial charge in [-0.3, -0.25) is 4.90 Å². The highest BCUT2D eigenvalue weighted by atomic mass is 32.2. The first-order valence-corrected chi connectivity index (χ1v) is 12.9. The zero-order chi connectivity index (χ0) is 23.9. The van der Waals surface area contributed by atoms with Crippen LogP contribution in [0.5, 0.6) is 0 Å². The van der Waals surface area contributed by atoms with Crippen LogP contribution in [0.1, 0.15) is 39.0 Å². The number of likely N-dealkylation sites (tertiary alicyclic amines) is 1. The first-order valence-electron chi connectivity index (χ1n) is 11.3. The van der Waals surface area contributed by atoms with Crippen molar-refractivity contribution in [3.8, 4) is 0 Å². The van der Waals surface area contributed by atoms with Crippen LogP contribution < -0.4 is 5.73 Å². The molecule has 6 nitrogen and oxygen atoms in total. The van der Waals surface area contributed by atoms with Gasteiger partial charge in [0.05, 0.1) is 18.0 Å². The van der Waals surface area contributed by atoms with E-state index in [9.17, 15) is 21.6 Å². The number of nitrogens with zero attached hydrogens (tertiary/aromatic N) is 2. The Kier molecular flexibility index (Phi) is 7.05. The molecule has 0 aromatic heterocycles. The highest BCUT2D eigenvalue weighted by Gasteiger charge is 2.45. The van der Waals surface area contributed by atoms with E-state index in [1.54, 1.807) is 5.98 Å². The molecule has 4 rings (SSSR count). The Labute approximate surface area is 193 Å². The molecule has 2 saturated heterocycles. The predicted molar refractivity (Wildman–Crippen MR) is 123 cm³/mol. The molecule has 0 bridgehead atoms. The second-order valence-corrected chi connectivity index (χ2v) is 11.6. The van der Waals surface area contributed by atoms with Crippen molar-refractivity contribution in [2.75, 3.05) is 19.7 Å². The molecular formula is C22H29BF3N3O3S. The molecule has 0 amide bonds. The van der Waals surface area contributed by atoms with E-state index in [2.05, 4.69) is 16.4 Å². The number of halogens is 3. The van der Waals surface area contributed by atoms with Crippen molar-refractivity contribution in [2.24, 2.45) is 10.6 Å². The summed E-state index contributed by atoms with van der Waals surface area (Å²) in [6.07, 6.45) is 2.65. The molecule has 3 heterocycles. The van der Waals surface area contributed by atoms with Gasteiger partial charge < -0.3 is 15.4 Å². The summed E-state index contributed by atoms with van der Waals surface area (Å²) in [6.45, 7) is 5.84. The fourth-order valence-electron chi connectivity index (χ4n) is 5.03. The van der Waals surface area contributed by atoms with Gasteiger partial charge in [0.2, 0.25) is 0 Å². The Morgan fingerprint density at radius 2 is 2.00 bits per heavy atom. The second kappa shape index (κ2) is 9.52. The van der Waals surface area contributed by atoms with Crippen LogP contribution in [-0.2, 0) is 14.4 Å². The van der Waals surface area contributed by atoms with Gasteiger partial charge in [0.15, 0.2) is 5.83 Å². The van der Waals surface area contributed by atoms with Crippen LogP contribution in [0.3, 0.4) is 0 Å². The smallest absolute Gasteiger partial charge is 0.370 e. The lowest BCUT2D eigenvalue weighted by Crippen LogP contribution is -2.52. The number of fused-ring (bicyclic) bond motifs is 1. The molecule has 0 radical (unpaired) electrons. The Morgan fingerprint density at radius 1 is 1.30 bits per heavy atom. The van der Waals surface area contributed by atoms with E-state index < -0.39 is 45.4 Å². The minimum Gasteiger partial charge on any atom is -0.370 e. The van der Waals surface area contributed by atoms with Crippen molar-refractivity contribution >= 4 is 21.5 Å². The highest BCUT2D eigenvalue weighted by Crippen LogP contribution is 2.33. The Morgan fingerprint density at radius 3 is 2.61 bits per heavy atom. The van der Waals surface area contributed by atoms with Crippen LogP contribution in [0.2, 0.25) is 0 Å². The third-order valence-electron chi connectivity index (χ3n) is 6.98. The number of ether oxygens (including phenoxy) is 1. The number of rotatable bonds is 6. The fraction of sp³-hybridized carbons (Fsp3) is 0.591. The summed E-state index contributed by atoms with van der Waals surface area (Å²) in [6, 6.07) is -0.638. The lowest BCUT2D eigenvalue weighted by atomic mass is 9.92. The monoisotopic (exact) mass is 483 g/mol. The third kappa shape index (κ3) is 4.92. The molecule has 2 N–H and O–H groups in total.